The lowest BCUT2D eigenvalue weighted by molar-refractivity contribution is -0.137. The summed E-state index contributed by atoms with van der Waals surface area (Å²) in [6, 6.07) is 8.41. The lowest BCUT2D eigenvalue weighted by Gasteiger charge is -2.34. The summed E-state index contributed by atoms with van der Waals surface area (Å²) < 4.78 is 54.5. The molecule has 0 bridgehead atoms. The van der Waals surface area contributed by atoms with Gasteiger partial charge in [0.25, 0.3) is 5.91 Å². The van der Waals surface area contributed by atoms with Gasteiger partial charge >= 0.3 is 6.18 Å². The Kier molecular flexibility index (Phi) is 6.48. The molecule has 0 fully saturated rings. The Hall–Kier alpha value is -3.20. The molecule has 0 aromatic heterocycles. The fourth-order valence-corrected chi connectivity index (χ4v) is 4.59. The smallest absolute Gasteiger partial charge is 0.393 e. The molecule has 1 aliphatic carbocycles. The summed E-state index contributed by atoms with van der Waals surface area (Å²) in [6.45, 7) is 2.05. The molecule has 1 aliphatic heterocycles. The number of hydrogen-bond donors (Lipinski definition) is 2. The predicted molar refractivity (Wildman–Crippen MR) is 125 cm³/mol. The van der Waals surface area contributed by atoms with Crippen LogP contribution in [-0.4, -0.2) is 35.2 Å². The number of hydrogen-bond acceptors (Lipinski definition) is 3. The van der Waals surface area contributed by atoms with Gasteiger partial charge in [0.2, 0.25) is 5.91 Å². The molecule has 0 saturated heterocycles. The minimum absolute atomic E-state index is 0.0630. The third-order valence-corrected chi connectivity index (χ3v) is 6.34. The molecule has 1 unspecified atom stereocenters. The molecule has 2 aromatic carbocycles. The van der Waals surface area contributed by atoms with E-state index in [9.17, 15) is 32.3 Å². The van der Waals surface area contributed by atoms with Gasteiger partial charge in [0.05, 0.1) is 17.4 Å². The van der Waals surface area contributed by atoms with E-state index in [0.29, 0.717) is 30.5 Å². The zero-order valence-electron chi connectivity index (χ0n) is 19.4. The average molecular weight is 490 g/mol. The van der Waals surface area contributed by atoms with Crippen LogP contribution in [0.2, 0.25) is 0 Å². The first kappa shape index (κ1) is 24.9. The molecule has 2 N–H and O–H groups in total. The largest absolute Gasteiger partial charge is 0.416 e. The molecule has 186 valence electrons. The Labute approximate surface area is 200 Å². The molecule has 9 heteroatoms. The Morgan fingerprint density at radius 1 is 1.11 bits per heavy atom. The van der Waals surface area contributed by atoms with Gasteiger partial charge in [0, 0.05) is 30.3 Å². The molecule has 2 amide bonds. The Morgan fingerprint density at radius 2 is 1.86 bits per heavy atom. The van der Waals surface area contributed by atoms with Crippen molar-refractivity contribution in [2.45, 2.75) is 57.5 Å². The number of fused-ring (bicyclic) bond motifs is 2. The number of rotatable bonds is 3. The van der Waals surface area contributed by atoms with E-state index in [4.69, 9.17) is 0 Å². The lowest BCUT2D eigenvalue weighted by Crippen LogP contribution is -2.45. The molecule has 0 saturated carbocycles. The molecule has 0 radical (unpaired) electrons. The van der Waals surface area contributed by atoms with Crippen LogP contribution in [0.15, 0.2) is 42.5 Å². The van der Waals surface area contributed by atoms with Gasteiger partial charge in [0.15, 0.2) is 5.67 Å². The molecular weight excluding hydrogens is 464 g/mol. The van der Waals surface area contributed by atoms with Crippen molar-refractivity contribution < 1.29 is 32.3 Å². The van der Waals surface area contributed by atoms with E-state index in [1.165, 1.54) is 12.1 Å². The van der Waals surface area contributed by atoms with Crippen LogP contribution in [0, 0.1) is 0 Å². The number of carbonyl (C=O) groups excluding carboxylic acids is 2. The molecule has 2 aromatic rings. The number of aliphatic hydroxyl groups excluding tert-OH is 1. The molecule has 4 rings (SSSR count). The molecule has 1 heterocycles. The average Bonchev–Trinajstić information content (AvgIpc) is 2.77. The number of aliphatic hydroxyl groups is 1. The van der Waals surface area contributed by atoms with Crippen LogP contribution in [0.4, 0.5) is 28.9 Å². The number of amides is 2. The number of alkyl halides is 4. The second-order valence-corrected chi connectivity index (χ2v) is 9.41. The summed E-state index contributed by atoms with van der Waals surface area (Å²) >= 11 is 0. The monoisotopic (exact) mass is 490 g/mol. The van der Waals surface area contributed by atoms with Crippen molar-refractivity contribution in [1.29, 1.82) is 0 Å². The highest BCUT2D eigenvalue weighted by atomic mass is 19.4. The van der Waals surface area contributed by atoms with Crippen molar-refractivity contribution in [3.63, 3.8) is 0 Å². The minimum atomic E-state index is -4.65. The number of anilines is 2. The third-order valence-electron chi connectivity index (χ3n) is 6.34. The number of benzene rings is 2. The van der Waals surface area contributed by atoms with Gasteiger partial charge in [-0.2, -0.15) is 13.2 Å². The zero-order chi connectivity index (χ0) is 25.5. The van der Waals surface area contributed by atoms with Crippen LogP contribution >= 0.6 is 0 Å². The highest BCUT2D eigenvalue weighted by molar-refractivity contribution is 6.08. The van der Waals surface area contributed by atoms with Crippen LogP contribution in [0.5, 0.6) is 0 Å². The normalized spacial score (nSPS) is 19.2. The van der Waals surface area contributed by atoms with Gasteiger partial charge in [-0.25, -0.2) is 4.39 Å². The second-order valence-electron chi connectivity index (χ2n) is 9.41. The van der Waals surface area contributed by atoms with Crippen molar-refractivity contribution in [2.75, 3.05) is 16.8 Å². The minimum Gasteiger partial charge on any atom is -0.393 e. The SMILES string of the molecule is CC(C)(F)C(=O)N1CCC(=CC(=O)Nc2cccc3c2CC(O)CC3)c2ccc(C(F)(F)F)cc21. The van der Waals surface area contributed by atoms with Crippen LogP contribution in [0.3, 0.4) is 0 Å². The number of nitrogens with one attached hydrogen (secondary N) is 1. The Morgan fingerprint density at radius 3 is 2.54 bits per heavy atom. The van der Waals surface area contributed by atoms with E-state index in [2.05, 4.69) is 5.32 Å². The molecule has 35 heavy (non-hydrogen) atoms. The Balaban J connectivity index is 1.68. The molecule has 2 aliphatic rings. The summed E-state index contributed by atoms with van der Waals surface area (Å²) in [5.41, 5.74) is -0.139. The fourth-order valence-electron chi connectivity index (χ4n) is 4.59. The van der Waals surface area contributed by atoms with E-state index in [-0.39, 0.29) is 24.2 Å². The predicted octanol–water partition coefficient (Wildman–Crippen LogP) is 5.06. The van der Waals surface area contributed by atoms with Crippen molar-refractivity contribution in [3.05, 3.63) is 64.7 Å². The van der Waals surface area contributed by atoms with Gasteiger partial charge in [0.1, 0.15) is 0 Å². The van der Waals surface area contributed by atoms with E-state index in [1.807, 2.05) is 12.1 Å². The summed E-state index contributed by atoms with van der Waals surface area (Å²) in [5, 5.41) is 12.8. The van der Waals surface area contributed by atoms with E-state index in [0.717, 1.165) is 42.0 Å². The molecular formula is C26H26F4N2O3. The maximum atomic E-state index is 14.4. The first-order valence-corrected chi connectivity index (χ1v) is 11.4. The maximum absolute atomic E-state index is 14.4. The van der Waals surface area contributed by atoms with Crippen molar-refractivity contribution in [1.82, 2.24) is 0 Å². The highest BCUT2D eigenvalue weighted by Gasteiger charge is 2.38. The van der Waals surface area contributed by atoms with Crippen LogP contribution in [0.25, 0.3) is 5.57 Å². The maximum Gasteiger partial charge on any atom is 0.416 e. The van der Waals surface area contributed by atoms with Crippen LogP contribution in [-0.2, 0) is 28.6 Å². The van der Waals surface area contributed by atoms with Gasteiger partial charge in [-0.3, -0.25) is 9.59 Å². The molecule has 5 nitrogen and oxygen atoms in total. The number of carbonyl (C=O) groups is 2. The zero-order valence-corrected chi connectivity index (χ0v) is 19.4. The summed E-state index contributed by atoms with van der Waals surface area (Å²) in [7, 11) is 0. The summed E-state index contributed by atoms with van der Waals surface area (Å²) in [5.74, 6) is -1.43. The molecule has 0 spiro atoms. The quantitative estimate of drug-likeness (QED) is 0.467. The standard InChI is InChI=1S/C26H26F4N2O3/c1-25(2,27)24(35)32-11-10-16(19-9-7-17(13-22(19)32)26(28,29)30)12-23(34)31-21-5-3-4-15-6-8-18(33)14-20(15)21/h3-5,7,9,12-13,18,33H,6,8,10-11,14H2,1-2H3,(H,31,34). The van der Waals surface area contributed by atoms with E-state index < -0.39 is 35.3 Å². The first-order valence-electron chi connectivity index (χ1n) is 11.4. The van der Waals surface area contributed by atoms with Crippen molar-refractivity contribution >= 4 is 28.8 Å². The van der Waals surface area contributed by atoms with E-state index >= 15 is 0 Å². The number of nitrogens with zero attached hydrogens (tertiary/aromatic N) is 1. The highest BCUT2D eigenvalue weighted by Crippen LogP contribution is 2.40. The van der Waals surface area contributed by atoms with Crippen molar-refractivity contribution in [2.24, 2.45) is 0 Å². The van der Waals surface area contributed by atoms with Crippen LogP contribution in [0.1, 0.15) is 48.9 Å². The van der Waals surface area contributed by atoms with Gasteiger partial charge in [-0.05, 0) is 68.0 Å². The molecule has 1 atom stereocenters. The summed E-state index contributed by atoms with van der Waals surface area (Å²) in [6.07, 6.45) is -1.91. The third kappa shape index (κ3) is 5.24. The summed E-state index contributed by atoms with van der Waals surface area (Å²) in [4.78, 5) is 26.5. The van der Waals surface area contributed by atoms with Gasteiger partial charge < -0.3 is 15.3 Å². The second kappa shape index (κ2) is 9.11. The number of aryl methyl sites for hydroxylation is 1. The van der Waals surface area contributed by atoms with Gasteiger partial charge in [-0.1, -0.05) is 18.2 Å². The lowest BCUT2D eigenvalue weighted by atomic mass is 9.88. The fraction of sp³-hybridized carbons (Fsp3) is 0.385. The Bertz CT molecular complexity index is 1200. The topological polar surface area (TPSA) is 69.6 Å². The van der Waals surface area contributed by atoms with E-state index in [1.54, 1.807) is 6.07 Å². The van der Waals surface area contributed by atoms with Gasteiger partial charge in [-0.15, -0.1) is 0 Å². The van der Waals surface area contributed by atoms with Crippen molar-refractivity contribution in [3.8, 4) is 0 Å². The first-order chi connectivity index (χ1) is 16.3. The number of halogens is 4. The van der Waals surface area contributed by atoms with Crippen LogP contribution < -0.4 is 10.2 Å².